The van der Waals surface area contributed by atoms with Crippen LogP contribution in [0.25, 0.3) is 71.6 Å². The maximum atomic E-state index is 4.24. The van der Waals surface area contributed by atoms with Gasteiger partial charge in [0.05, 0.1) is 0 Å². The van der Waals surface area contributed by atoms with Crippen LogP contribution in [0.5, 0.6) is 0 Å². The minimum atomic E-state index is 0.885. The molecule has 1 heterocycles. The molecule has 6 aromatic carbocycles. The second-order valence-corrected chi connectivity index (χ2v) is 11.6. The van der Waals surface area contributed by atoms with Gasteiger partial charge in [0.15, 0.2) is 0 Å². The Labute approximate surface area is 269 Å². The van der Waals surface area contributed by atoms with Crippen molar-refractivity contribution in [3.8, 4) is 44.5 Å². The van der Waals surface area contributed by atoms with Crippen molar-refractivity contribution in [2.24, 2.45) is 0 Å². The fourth-order valence-corrected chi connectivity index (χ4v) is 6.65. The highest BCUT2D eigenvalue weighted by Crippen LogP contribution is 2.45. The van der Waals surface area contributed by atoms with Crippen LogP contribution in [0, 0.1) is 0 Å². The fourth-order valence-electron chi connectivity index (χ4n) is 6.65. The van der Waals surface area contributed by atoms with E-state index in [9.17, 15) is 0 Å². The zero-order valence-corrected chi connectivity index (χ0v) is 25.4. The lowest BCUT2D eigenvalue weighted by Crippen LogP contribution is -1.93. The standard InChI is InChI=1S/C45H31N/c1-2-5-13-32(14-6-3-1)35-17-11-19-38(29-35)44-40-21-9-10-22-41(40)45(39-20-12-18-36(30-39)34-25-27-46-28-26-34)43-31-37(23-24-42(43)44)33-15-7-4-8-16-33/h1,4-31H,2H2/b13-5-,32-14+. The third kappa shape index (κ3) is 5.20. The molecule has 216 valence electrons. The summed E-state index contributed by atoms with van der Waals surface area (Å²) >= 11 is 0. The lowest BCUT2D eigenvalue weighted by atomic mass is 9.84. The fraction of sp³-hybridized carbons (Fsp3) is 0.0222. The van der Waals surface area contributed by atoms with Gasteiger partial charge in [-0.3, -0.25) is 4.98 Å². The Kier molecular flexibility index (Phi) is 7.29. The molecule has 0 bridgehead atoms. The van der Waals surface area contributed by atoms with Crippen LogP contribution in [0.4, 0.5) is 0 Å². The number of hydrogen-bond donors (Lipinski definition) is 0. The Balaban J connectivity index is 1.43. The highest BCUT2D eigenvalue weighted by molar-refractivity contribution is 6.22. The number of rotatable bonds is 5. The largest absolute Gasteiger partial charge is 0.265 e. The number of nitrogens with zero attached hydrogens (tertiary/aromatic N) is 1. The molecule has 0 saturated carbocycles. The Hall–Kier alpha value is -6.01. The smallest absolute Gasteiger partial charge is 0.0273 e. The van der Waals surface area contributed by atoms with Crippen molar-refractivity contribution in [1.82, 2.24) is 4.98 Å². The van der Waals surface area contributed by atoms with Gasteiger partial charge in [-0.05, 0) is 132 Å². The number of fused-ring (bicyclic) bond motifs is 2. The molecule has 1 aliphatic carbocycles. The van der Waals surface area contributed by atoms with E-state index in [-0.39, 0.29) is 0 Å². The molecule has 0 aliphatic heterocycles. The maximum absolute atomic E-state index is 4.24. The van der Waals surface area contributed by atoms with E-state index in [0.29, 0.717) is 0 Å². The summed E-state index contributed by atoms with van der Waals surface area (Å²) < 4.78 is 0. The molecule has 0 unspecified atom stereocenters. The van der Waals surface area contributed by atoms with Gasteiger partial charge in [0.1, 0.15) is 0 Å². The van der Waals surface area contributed by atoms with E-state index in [1.165, 1.54) is 71.6 Å². The van der Waals surface area contributed by atoms with Crippen LogP contribution in [-0.4, -0.2) is 4.98 Å². The van der Waals surface area contributed by atoms with Gasteiger partial charge in [-0.25, -0.2) is 0 Å². The molecule has 0 N–H and O–H groups in total. The van der Waals surface area contributed by atoms with Crippen LogP contribution in [0.2, 0.25) is 0 Å². The van der Waals surface area contributed by atoms with Crippen LogP contribution in [0.1, 0.15) is 12.0 Å². The third-order valence-electron chi connectivity index (χ3n) is 8.81. The predicted molar refractivity (Wildman–Crippen MR) is 195 cm³/mol. The summed E-state index contributed by atoms with van der Waals surface area (Å²) in [6, 6.07) is 48.6. The van der Waals surface area contributed by atoms with Crippen LogP contribution < -0.4 is 0 Å². The van der Waals surface area contributed by atoms with Crippen LogP contribution in [-0.2, 0) is 0 Å². The van der Waals surface area contributed by atoms with Crippen LogP contribution >= 0.6 is 0 Å². The zero-order valence-electron chi connectivity index (χ0n) is 25.4. The molecule has 1 aromatic heterocycles. The number of hydrogen-bond acceptors (Lipinski definition) is 1. The molecule has 1 heteroatoms. The van der Waals surface area contributed by atoms with Crippen molar-refractivity contribution < 1.29 is 0 Å². The summed E-state index contributed by atoms with van der Waals surface area (Å²) in [5, 5.41) is 4.97. The average molecular weight is 586 g/mol. The van der Waals surface area contributed by atoms with E-state index >= 15 is 0 Å². The molecule has 1 nitrogen and oxygen atoms in total. The lowest BCUT2D eigenvalue weighted by Gasteiger charge is -2.19. The van der Waals surface area contributed by atoms with E-state index in [1.807, 2.05) is 18.5 Å². The first-order valence-electron chi connectivity index (χ1n) is 15.8. The summed E-state index contributed by atoms with van der Waals surface area (Å²) in [6.45, 7) is 0. The Bertz CT molecular complexity index is 2350. The summed E-state index contributed by atoms with van der Waals surface area (Å²) in [7, 11) is 0. The van der Waals surface area contributed by atoms with E-state index in [2.05, 4.69) is 168 Å². The molecular weight excluding hydrogens is 555 g/mol. The van der Waals surface area contributed by atoms with Gasteiger partial charge >= 0.3 is 0 Å². The summed E-state index contributed by atoms with van der Waals surface area (Å²) in [4.78, 5) is 4.24. The minimum absolute atomic E-state index is 0.885. The molecule has 0 radical (unpaired) electrons. The van der Waals surface area contributed by atoms with Gasteiger partial charge in [0.25, 0.3) is 0 Å². The summed E-state index contributed by atoms with van der Waals surface area (Å²) in [5.74, 6) is 0. The van der Waals surface area contributed by atoms with Crippen molar-refractivity contribution >= 4 is 27.1 Å². The van der Waals surface area contributed by atoms with E-state index < -0.39 is 0 Å². The predicted octanol–water partition coefficient (Wildman–Crippen LogP) is 12.1. The Morgan fingerprint density at radius 2 is 1.04 bits per heavy atom. The number of pyridine rings is 1. The van der Waals surface area contributed by atoms with Crippen molar-refractivity contribution in [2.45, 2.75) is 6.42 Å². The second-order valence-electron chi connectivity index (χ2n) is 11.6. The molecule has 7 aromatic rings. The minimum Gasteiger partial charge on any atom is -0.265 e. The quantitative estimate of drug-likeness (QED) is 0.145. The van der Waals surface area contributed by atoms with Gasteiger partial charge in [-0.15, -0.1) is 5.73 Å². The number of aromatic nitrogens is 1. The summed E-state index contributed by atoms with van der Waals surface area (Å²) in [6.07, 6.45) is 15.2. The van der Waals surface area contributed by atoms with E-state index in [4.69, 9.17) is 0 Å². The van der Waals surface area contributed by atoms with E-state index in [1.54, 1.807) is 0 Å². The molecule has 8 rings (SSSR count). The molecule has 46 heavy (non-hydrogen) atoms. The molecule has 1 aliphatic rings. The van der Waals surface area contributed by atoms with Crippen molar-refractivity contribution in [1.29, 1.82) is 0 Å². The highest BCUT2D eigenvalue weighted by atomic mass is 14.6. The first-order chi connectivity index (χ1) is 22.8. The third-order valence-corrected chi connectivity index (χ3v) is 8.81. The molecular formula is C45H31N. The summed E-state index contributed by atoms with van der Waals surface area (Å²) in [5.41, 5.74) is 15.3. The van der Waals surface area contributed by atoms with Gasteiger partial charge < -0.3 is 0 Å². The first kappa shape index (κ1) is 27.5. The van der Waals surface area contributed by atoms with E-state index in [0.717, 1.165) is 12.0 Å². The Morgan fingerprint density at radius 3 is 1.83 bits per heavy atom. The normalized spacial score (nSPS) is 14.5. The molecule has 0 spiro atoms. The molecule has 0 saturated heterocycles. The van der Waals surface area contributed by atoms with Crippen molar-refractivity contribution in [3.05, 3.63) is 188 Å². The van der Waals surface area contributed by atoms with Gasteiger partial charge in [-0.2, -0.15) is 0 Å². The Morgan fingerprint density at radius 1 is 0.457 bits per heavy atom. The molecule has 0 fully saturated rings. The number of allylic oxidation sites excluding steroid dienone is 5. The van der Waals surface area contributed by atoms with Gasteiger partial charge in [0, 0.05) is 12.4 Å². The topological polar surface area (TPSA) is 12.9 Å². The van der Waals surface area contributed by atoms with Crippen LogP contribution in [0.3, 0.4) is 0 Å². The SMILES string of the molecule is C1=C/C=C(c2cccc(-c3c4ccccc4c(-c4cccc(-c5ccncc5)c4)c4cc(-c5ccccc5)ccc34)c2)\C=C/CC=1. The second kappa shape index (κ2) is 12.2. The molecule has 0 amide bonds. The molecule has 0 atom stereocenters. The van der Waals surface area contributed by atoms with Gasteiger partial charge in [0.2, 0.25) is 0 Å². The zero-order chi connectivity index (χ0) is 30.7. The highest BCUT2D eigenvalue weighted by Gasteiger charge is 2.18. The monoisotopic (exact) mass is 585 g/mol. The first-order valence-corrected chi connectivity index (χ1v) is 15.8. The van der Waals surface area contributed by atoms with Crippen LogP contribution in [0.15, 0.2) is 182 Å². The van der Waals surface area contributed by atoms with Gasteiger partial charge in [-0.1, -0.05) is 115 Å². The maximum Gasteiger partial charge on any atom is 0.0273 e. The van der Waals surface area contributed by atoms with Crippen molar-refractivity contribution in [2.75, 3.05) is 0 Å². The lowest BCUT2D eigenvalue weighted by molar-refractivity contribution is 1.33. The average Bonchev–Trinajstić information content (AvgIpc) is 3.11. The van der Waals surface area contributed by atoms with Crippen molar-refractivity contribution in [3.63, 3.8) is 0 Å². The number of benzene rings is 6.